The van der Waals surface area contributed by atoms with E-state index < -0.39 is 0 Å². The van der Waals surface area contributed by atoms with Gasteiger partial charge in [0.05, 0.1) is 22.3 Å². The summed E-state index contributed by atoms with van der Waals surface area (Å²) in [5.74, 6) is 0. The van der Waals surface area contributed by atoms with E-state index in [1.54, 1.807) is 18.2 Å². The molecule has 0 radical (unpaired) electrons. The van der Waals surface area contributed by atoms with Crippen LogP contribution in [0.1, 0.15) is 12.5 Å². The van der Waals surface area contributed by atoms with Crippen molar-refractivity contribution in [1.29, 1.82) is 5.26 Å². The zero-order valence-corrected chi connectivity index (χ0v) is 8.73. The summed E-state index contributed by atoms with van der Waals surface area (Å²) < 4.78 is 0. The van der Waals surface area contributed by atoms with Crippen LogP contribution in [0.2, 0.25) is 5.02 Å². The number of nitrogens with zero attached hydrogens (tertiary/aromatic N) is 1. The fourth-order valence-electron chi connectivity index (χ4n) is 0.976. The van der Waals surface area contributed by atoms with E-state index in [0.29, 0.717) is 17.1 Å². The highest BCUT2D eigenvalue weighted by Crippen LogP contribution is 2.22. The van der Waals surface area contributed by atoms with E-state index in [0.717, 1.165) is 11.3 Å². The van der Waals surface area contributed by atoms with Gasteiger partial charge in [0.1, 0.15) is 0 Å². The molecule has 0 atom stereocenters. The molecular weight excluding hydrogens is 196 g/mol. The third-order valence-corrected chi connectivity index (χ3v) is 2.01. The summed E-state index contributed by atoms with van der Waals surface area (Å²) in [6, 6.07) is 7.19. The Morgan fingerprint density at radius 1 is 1.64 bits per heavy atom. The molecule has 14 heavy (non-hydrogen) atoms. The first-order chi connectivity index (χ1) is 6.63. The van der Waals surface area contributed by atoms with Gasteiger partial charge in [0, 0.05) is 6.54 Å². The van der Waals surface area contributed by atoms with Crippen molar-refractivity contribution in [2.75, 3.05) is 11.9 Å². The summed E-state index contributed by atoms with van der Waals surface area (Å²) >= 11 is 5.94. The molecular formula is C11H11ClN2. The molecule has 0 aromatic heterocycles. The van der Waals surface area contributed by atoms with Crippen LogP contribution >= 0.6 is 11.6 Å². The largest absolute Gasteiger partial charge is 0.380 e. The number of rotatable bonds is 3. The Hall–Kier alpha value is -1.46. The maximum Gasteiger partial charge on any atom is 0.0992 e. The van der Waals surface area contributed by atoms with Gasteiger partial charge in [0.25, 0.3) is 0 Å². The molecule has 1 rings (SSSR count). The van der Waals surface area contributed by atoms with Gasteiger partial charge in [-0.15, -0.1) is 0 Å². The second kappa shape index (κ2) is 4.69. The molecule has 0 fully saturated rings. The second-order valence-electron chi connectivity index (χ2n) is 3.12. The Bertz CT molecular complexity index is 391. The summed E-state index contributed by atoms with van der Waals surface area (Å²) in [5, 5.41) is 12.4. The smallest absolute Gasteiger partial charge is 0.0992 e. The lowest BCUT2D eigenvalue weighted by molar-refractivity contribution is 1.22. The van der Waals surface area contributed by atoms with Gasteiger partial charge in [-0.1, -0.05) is 23.8 Å². The first-order valence-corrected chi connectivity index (χ1v) is 4.59. The van der Waals surface area contributed by atoms with Crippen LogP contribution < -0.4 is 5.32 Å². The number of nitriles is 1. The van der Waals surface area contributed by atoms with E-state index in [4.69, 9.17) is 16.9 Å². The fourth-order valence-corrected chi connectivity index (χ4v) is 1.16. The average Bonchev–Trinajstić information content (AvgIpc) is 2.16. The van der Waals surface area contributed by atoms with Crippen molar-refractivity contribution in [2.45, 2.75) is 6.92 Å². The monoisotopic (exact) mass is 206 g/mol. The molecule has 0 spiro atoms. The lowest BCUT2D eigenvalue weighted by atomic mass is 10.2. The summed E-state index contributed by atoms with van der Waals surface area (Å²) in [4.78, 5) is 0. The highest BCUT2D eigenvalue weighted by molar-refractivity contribution is 6.33. The third-order valence-electron chi connectivity index (χ3n) is 1.68. The Morgan fingerprint density at radius 3 is 2.93 bits per heavy atom. The lowest BCUT2D eigenvalue weighted by Crippen LogP contribution is -2.02. The SMILES string of the molecule is C=C(C)CNc1cc(C#N)ccc1Cl. The van der Waals surface area contributed by atoms with Gasteiger partial charge in [-0.3, -0.25) is 0 Å². The minimum Gasteiger partial charge on any atom is -0.380 e. The predicted molar refractivity (Wildman–Crippen MR) is 59.5 cm³/mol. The fraction of sp³-hybridized carbons (Fsp3) is 0.182. The van der Waals surface area contributed by atoms with E-state index >= 15 is 0 Å². The van der Waals surface area contributed by atoms with Gasteiger partial charge in [-0.2, -0.15) is 5.26 Å². The Balaban J connectivity index is 2.85. The molecule has 1 aromatic carbocycles. The van der Waals surface area contributed by atoms with E-state index in [1.165, 1.54) is 0 Å². The van der Waals surface area contributed by atoms with Crippen LogP contribution in [-0.2, 0) is 0 Å². The van der Waals surface area contributed by atoms with Crippen molar-refractivity contribution in [2.24, 2.45) is 0 Å². The highest BCUT2D eigenvalue weighted by Gasteiger charge is 2.00. The minimum absolute atomic E-state index is 0.596. The van der Waals surface area contributed by atoms with Gasteiger partial charge in [0.2, 0.25) is 0 Å². The van der Waals surface area contributed by atoms with E-state index in [9.17, 15) is 0 Å². The molecule has 0 saturated heterocycles. The number of hydrogen-bond donors (Lipinski definition) is 1. The third kappa shape index (κ3) is 2.79. The quantitative estimate of drug-likeness (QED) is 0.771. The first kappa shape index (κ1) is 10.6. The number of nitrogens with one attached hydrogen (secondary N) is 1. The normalized spacial score (nSPS) is 9.21. The van der Waals surface area contributed by atoms with Crippen molar-refractivity contribution >= 4 is 17.3 Å². The van der Waals surface area contributed by atoms with Crippen LogP contribution in [0.25, 0.3) is 0 Å². The zero-order chi connectivity index (χ0) is 10.6. The van der Waals surface area contributed by atoms with E-state index in [2.05, 4.69) is 18.0 Å². The molecule has 0 aliphatic rings. The van der Waals surface area contributed by atoms with Crippen LogP contribution in [0, 0.1) is 11.3 Å². The van der Waals surface area contributed by atoms with Crippen molar-refractivity contribution in [1.82, 2.24) is 0 Å². The van der Waals surface area contributed by atoms with Crippen LogP contribution in [-0.4, -0.2) is 6.54 Å². The van der Waals surface area contributed by atoms with Gasteiger partial charge in [-0.05, 0) is 25.1 Å². The molecule has 0 amide bonds. The molecule has 0 bridgehead atoms. The number of benzene rings is 1. The van der Waals surface area contributed by atoms with E-state index in [1.807, 2.05) is 6.92 Å². The maximum atomic E-state index is 8.69. The average molecular weight is 207 g/mol. The molecule has 0 aliphatic heterocycles. The van der Waals surface area contributed by atoms with Crippen LogP contribution in [0.4, 0.5) is 5.69 Å². The van der Waals surface area contributed by atoms with Crippen LogP contribution in [0.15, 0.2) is 30.4 Å². The Labute approximate surface area is 88.8 Å². The second-order valence-corrected chi connectivity index (χ2v) is 3.52. The Morgan fingerprint density at radius 2 is 2.36 bits per heavy atom. The highest BCUT2D eigenvalue weighted by atomic mass is 35.5. The van der Waals surface area contributed by atoms with Gasteiger partial charge < -0.3 is 5.32 Å². The number of anilines is 1. The molecule has 3 heteroatoms. The molecule has 0 unspecified atom stereocenters. The van der Waals surface area contributed by atoms with Crippen molar-refractivity contribution in [3.63, 3.8) is 0 Å². The van der Waals surface area contributed by atoms with Crippen LogP contribution in [0.5, 0.6) is 0 Å². The van der Waals surface area contributed by atoms with Crippen molar-refractivity contribution in [3.05, 3.63) is 40.9 Å². The topological polar surface area (TPSA) is 35.8 Å². The zero-order valence-electron chi connectivity index (χ0n) is 7.97. The minimum atomic E-state index is 0.596. The maximum absolute atomic E-state index is 8.69. The van der Waals surface area contributed by atoms with Crippen LogP contribution in [0.3, 0.4) is 0 Å². The van der Waals surface area contributed by atoms with Crippen molar-refractivity contribution < 1.29 is 0 Å². The first-order valence-electron chi connectivity index (χ1n) is 4.21. The van der Waals surface area contributed by atoms with Gasteiger partial charge >= 0.3 is 0 Å². The molecule has 2 nitrogen and oxygen atoms in total. The van der Waals surface area contributed by atoms with Crippen molar-refractivity contribution in [3.8, 4) is 6.07 Å². The lowest BCUT2D eigenvalue weighted by Gasteiger charge is -2.07. The summed E-state index contributed by atoms with van der Waals surface area (Å²) in [6.07, 6.45) is 0. The number of hydrogen-bond acceptors (Lipinski definition) is 2. The molecule has 1 aromatic rings. The van der Waals surface area contributed by atoms with Gasteiger partial charge in [0.15, 0.2) is 0 Å². The van der Waals surface area contributed by atoms with Gasteiger partial charge in [-0.25, -0.2) is 0 Å². The standard InChI is InChI=1S/C11H11ClN2/c1-8(2)7-14-11-5-9(6-13)3-4-10(11)12/h3-5,14H,1,7H2,2H3. The molecule has 72 valence electrons. The molecule has 0 saturated carbocycles. The molecule has 0 aliphatic carbocycles. The predicted octanol–water partition coefficient (Wildman–Crippen LogP) is 3.20. The summed E-state index contributed by atoms with van der Waals surface area (Å²) in [6.45, 7) is 6.36. The molecule has 0 heterocycles. The number of halogens is 1. The van der Waals surface area contributed by atoms with E-state index in [-0.39, 0.29) is 0 Å². The molecule has 1 N–H and O–H groups in total. The summed E-state index contributed by atoms with van der Waals surface area (Å²) in [7, 11) is 0. The summed E-state index contributed by atoms with van der Waals surface area (Å²) in [5.41, 5.74) is 2.38. The Kier molecular flexibility index (Phi) is 3.55.